The van der Waals surface area contributed by atoms with Gasteiger partial charge in [-0.15, -0.1) is 0 Å². The van der Waals surface area contributed by atoms with Crippen molar-refractivity contribution >= 4 is 17.9 Å². The van der Waals surface area contributed by atoms with Gasteiger partial charge in [0.1, 0.15) is 13.2 Å². The minimum Gasteiger partial charge on any atom is -0.462 e. The maximum Gasteiger partial charge on any atom is 0.306 e. The lowest BCUT2D eigenvalue weighted by molar-refractivity contribution is -0.167. The van der Waals surface area contributed by atoms with Crippen LogP contribution in [-0.2, 0) is 28.6 Å². The number of hydrogen-bond acceptors (Lipinski definition) is 6. The highest BCUT2D eigenvalue weighted by Gasteiger charge is 2.19. The van der Waals surface area contributed by atoms with Crippen molar-refractivity contribution in [2.24, 2.45) is 11.8 Å². The Bertz CT molecular complexity index is 661. The summed E-state index contributed by atoms with van der Waals surface area (Å²) in [5, 5.41) is 0. The van der Waals surface area contributed by atoms with E-state index in [4.69, 9.17) is 14.2 Å². The predicted octanol–water partition coefficient (Wildman–Crippen LogP) is 10.7. The lowest BCUT2D eigenvalue weighted by atomic mass is 10.00. The Hall–Kier alpha value is -1.59. The van der Waals surface area contributed by atoms with Gasteiger partial charge in [0.15, 0.2) is 6.10 Å². The number of carbonyl (C=O) groups is 3. The molecular formula is C37H70O6. The zero-order chi connectivity index (χ0) is 32.0. The Balaban J connectivity index is 4.33. The van der Waals surface area contributed by atoms with Gasteiger partial charge in [-0.25, -0.2) is 0 Å². The minimum atomic E-state index is -0.757. The maximum absolute atomic E-state index is 12.5. The molecule has 1 unspecified atom stereocenters. The van der Waals surface area contributed by atoms with Crippen LogP contribution in [0.3, 0.4) is 0 Å². The molecule has 0 rings (SSSR count). The summed E-state index contributed by atoms with van der Waals surface area (Å²) in [6.07, 6.45) is 24.1. The van der Waals surface area contributed by atoms with Crippen LogP contribution in [0.2, 0.25) is 0 Å². The van der Waals surface area contributed by atoms with Crippen LogP contribution < -0.4 is 0 Å². The first kappa shape index (κ1) is 41.4. The second kappa shape index (κ2) is 30.4. The van der Waals surface area contributed by atoms with Crippen molar-refractivity contribution in [2.45, 2.75) is 195 Å². The molecule has 0 aliphatic carbocycles. The first-order chi connectivity index (χ1) is 20.8. The van der Waals surface area contributed by atoms with Crippen LogP contribution in [0.1, 0.15) is 189 Å². The summed E-state index contributed by atoms with van der Waals surface area (Å²) in [7, 11) is 0. The van der Waals surface area contributed by atoms with E-state index in [1.54, 1.807) is 0 Å². The number of esters is 3. The maximum atomic E-state index is 12.5. The molecule has 2 atom stereocenters. The molecule has 0 fully saturated rings. The average molecular weight is 611 g/mol. The van der Waals surface area contributed by atoms with E-state index >= 15 is 0 Å². The topological polar surface area (TPSA) is 78.9 Å². The summed E-state index contributed by atoms with van der Waals surface area (Å²) < 4.78 is 16.5. The molecule has 0 aromatic heterocycles. The first-order valence-corrected chi connectivity index (χ1v) is 18.3. The lowest BCUT2D eigenvalue weighted by Crippen LogP contribution is -2.30. The van der Waals surface area contributed by atoms with Gasteiger partial charge in [-0.05, 0) is 31.1 Å². The number of ether oxygens (including phenoxy) is 3. The molecular weight excluding hydrogens is 540 g/mol. The van der Waals surface area contributed by atoms with E-state index < -0.39 is 6.10 Å². The normalized spacial score (nSPS) is 12.7. The van der Waals surface area contributed by atoms with E-state index in [1.165, 1.54) is 70.6 Å². The number of unbranched alkanes of at least 4 members (excludes halogenated alkanes) is 15. The zero-order valence-corrected chi connectivity index (χ0v) is 29.1. The van der Waals surface area contributed by atoms with Crippen molar-refractivity contribution in [3.05, 3.63) is 0 Å². The standard InChI is InChI=1S/C37H70O6/c1-6-8-9-15-22-27-35(38)41-30-34(43-37(40)29-24-19-12-10-11-16-20-25-32(3)4)31-42-36(39)28-23-18-14-13-17-21-26-33(5)7-2/h32-34H,6-31H2,1-5H3/t33?,34-/m0/s1. The number of rotatable bonds is 31. The van der Waals surface area contributed by atoms with Crippen molar-refractivity contribution in [2.75, 3.05) is 13.2 Å². The van der Waals surface area contributed by atoms with Crippen LogP contribution in [0.5, 0.6) is 0 Å². The molecule has 0 heterocycles. The quantitative estimate of drug-likeness (QED) is 0.0441. The minimum absolute atomic E-state index is 0.0691. The van der Waals surface area contributed by atoms with Gasteiger partial charge in [0, 0.05) is 19.3 Å². The van der Waals surface area contributed by atoms with Gasteiger partial charge >= 0.3 is 17.9 Å². The molecule has 0 radical (unpaired) electrons. The Morgan fingerprint density at radius 1 is 0.488 bits per heavy atom. The second-order valence-corrected chi connectivity index (χ2v) is 13.2. The van der Waals surface area contributed by atoms with Gasteiger partial charge in [0.25, 0.3) is 0 Å². The third kappa shape index (κ3) is 30.2. The molecule has 6 heteroatoms. The van der Waals surface area contributed by atoms with Gasteiger partial charge in [-0.3, -0.25) is 14.4 Å². The first-order valence-electron chi connectivity index (χ1n) is 18.3. The molecule has 0 aromatic rings. The molecule has 0 saturated heterocycles. The highest BCUT2D eigenvalue weighted by atomic mass is 16.6. The summed E-state index contributed by atoms with van der Waals surface area (Å²) >= 11 is 0. The molecule has 254 valence electrons. The van der Waals surface area contributed by atoms with E-state index in [0.29, 0.717) is 19.3 Å². The monoisotopic (exact) mass is 611 g/mol. The molecule has 0 aliphatic heterocycles. The molecule has 43 heavy (non-hydrogen) atoms. The van der Waals surface area contributed by atoms with Crippen LogP contribution in [0.15, 0.2) is 0 Å². The summed E-state index contributed by atoms with van der Waals surface area (Å²) in [4.78, 5) is 37.1. The highest BCUT2D eigenvalue weighted by molar-refractivity contribution is 5.71. The Kier molecular flexibility index (Phi) is 29.3. The zero-order valence-electron chi connectivity index (χ0n) is 29.1. The largest absolute Gasteiger partial charge is 0.462 e. The van der Waals surface area contributed by atoms with Crippen LogP contribution in [0.25, 0.3) is 0 Å². The fourth-order valence-corrected chi connectivity index (χ4v) is 5.13. The number of hydrogen-bond donors (Lipinski definition) is 0. The van der Waals surface area contributed by atoms with Crippen LogP contribution >= 0.6 is 0 Å². The fraction of sp³-hybridized carbons (Fsp3) is 0.919. The fourth-order valence-electron chi connectivity index (χ4n) is 5.13. The van der Waals surface area contributed by atoms with E-state index in [2.05, 4.69) is 34.6 Å². The summed E-state index contributed by atoms with van der Waals surface area (Å²) in [6, 6.07) is 0. The van der Waals surface area contributed by atoms with Crippen LogP contribution in [0, 0.1) is 11.8 Å². The van der Waals surface area contributed by atoms with Gasteiger partial charge in [0.2, 0.25) is 0 Å². The number of carbonyl (C=O) groups excluding carboxylic acids is 3. The Labute approximate surface area is 266 Å². The van der Waals surface area contributed by atoms with Gasteiger partial charge in [-0.1, -0.05) is 150 Å². The average Bonchev–Trinajstić information content (AvgIpc) is 2.98. The van der Waals surface area contributed by atoms with Gasteiger partial charge in [-0.2, -0.15) is 0 Å². The van der Waals surface area contributed by atoms with Crippen molar-refractivity contribution in [3.63, 3.8) is 0 Å². The van der Waals surface area contributed by atoms with Crippen molar-refractivity contribution < 1.29 is 28.6 Å². The smallest absolute Gasteiger partial charge is 0.306 e. The molecule has 0 N–H and O–H groups in total. The van der Waals surface area contributed by atoms with Crippen molar-refractivity contribution in [1.29, 1.82) is 0 Å². The lowest BCUT2D eigenvalue weighted by Gasteiger charge is -2.18. The Morgan fingerprint density at radius 3 is 1.33 bits per heavy atom. The molecule has 0 aromatic carbocycles. The molecule has 0 aliphatic rings. The molecule has 0 saturated carbocycles. The van der Waals surface area contributed by atoms with E-state index in [1.807, 2.05) is 0 Å². The van der Waals surface area contributed by atoms with Crippen molar-refractivity contribution in [1.82, 2.24) is 0 Å². The second-order valence-electron chi connectivity index (χ2n) is 13.2. The summed E-state index contributed by atoms with van der Waals surface area (Å²) in [6.45, 7) is 11.1. The summed E-state index contributed by atoms with van der Waals surface area (Å²) in [5.74, 6) is 0.703. The molecule has 0 amide bonds. The van der Waals surface area contributed by atoms with Crippen LogP contribution in [0.4, 0.5) is 0 Å². The van der Waals surface area contributed by atoms with Crippen LogP contribution in [-0.4, -0.2) is 37.2 Å². The third-order valence-corrected chi connectivity index (χ3v) is 8.33. The molecule has 0 bridgehead atoms. The van der Waals surface area contributed by atoms with Crippen molar-refractivity contribution in [3.8, 4) is 0 Å². The molecule has 6 nitrogen and oxygen atoms in total. The third-order valence-electron chi connectivity index (χ3n) is 8.33. The Morgan fingerprint density at radius 2 is 0.884 bits per heavy atom. The SMILES string of the molecule is CCCCCCCC(=O)OC[C@@H](COC(=O)CCCCCCCCC(C)CC)OC(=O)CCCCCCCCCC(C)C. The van der Waals surface area contributed by atoms with E-state index in [9.17, 15) is 14.4 Å². The van der Waals surface area contributed by atoms with E-state index in [-0.39, 0.29) is 31.1 Å². The van der Waals surface area contributed by atoms with Gasteiger partial charge in [0.05, 0.1) is 0 Å². The van der Waals surface area contributed by atoms with Gasteiger partial charge < -0.3 is 14.2 Å². The molecule has 0 spiro atoms. The van der Waals surface area contributed by atoms with E-state index in [0.717, 1.165) is 76.0 Å². The predicted molar refractivity (Wildman–Crippen MR) is 178 cm³/mol. The summed E-state index contributed by atoms with van der Waals surface area (Å²) in [5.41, 5.74) is 0. The highest BCUT2D eigenvalue weighted by Crippen LogP contribution is 2.16.